The number of carbonyl (C=O) groups excluding carboxylic acids is 1. The van der Waals surface area contributed by atoms with Crippen molar-refractivity contribution in [3.63, 3.8) is 0 Å². The van der Waals surface area contributed by atoms with Crippen LogP contribution in [-0.2, 0) is 14.9 Å². The lowest BCUT2D eigenvalue weighted by molar-refractivity contribution is -0.112. The molecular formula is C25H20BrClN2O5S. The third kappa shape index (κ3) is 6.42. The van der Waals surface area contributed by atoms with Crippen molar-refractivity contribution in [3.05, 3.63) is 86.4 Å². The smallest absolute Gasteiger partial charge is 0.339 e. The summed E-state index contributed by atoms with van der Waals surface area (Å²) in [5.74, 6) is -0.609. The highest BCUT2D eigenvalue weighted by molar-refractivity contribution is 9.10. The van der Waals surface area contributed by atoms with Crippen molar-refractivity contribution in [2.75, 3.05) is 12.4 Å². The zero-order valence-electron chi connectivity index (χ0n) is 18.9. The van der Waals surface area contributed by atoms with Gasteiger partial charge in [-0.3, -0.25) is 4.79 Å². The Morgan fingerprint density at radius 2 is 1.80 bits per heavy atom. The van der Waals surface area contributed by atoms with Gasteiger partial charge >= 0.3 is 10.1 Å². The SMILES string of the molecule is COc1cc(/C=C(\C#N)C(=O)Nc2cc(Cl)ccc2C)cc(Br)c1OS(=O)(=O)c1ccc(C)cc1. The van der Waals surface area contributed by atoms with E-state index in [0.717, 1.165) is 11.1 Å². The zero-order valence-corrected chi connectivity index (χ0v) is 22.1. The Hall–Kier alpha value is -3.32. The van der Waals surface area contributed by atoms with E-state index in [1.807, 2.05) is 13.0 Å². The van der Waals surface area contributed by atoms with Gasteiger partial charge in [-0.05, 0) is 83.4 Å². The van der Waals surface area contributed by atoms with Gasteiger partial charge in [-0.15, -0.1) is 0 Å². The van der Waals surface area contributed by atoms with E-state index in [1.54, 1.807) is 37.3 Å². The number of nitrogens with zero attached hydrogens (tertiary/aromatic N) is 1. The summed E-state index contributed by atoms with van der Waals surface area (Å²) < 4.78 is 36.4. The summed E-state index contributed by atoms with van der Waals surface area (Å²) in [5, 5.41) is 12.7. The van der Waals surface area contributed by atoms with Gasteiger partial charge in [-0.1, -0.05) is 35.4 Å². The van der Waals surface area contributed by atoms with E-state index in [-0.39, 0.29) is 26.4 Å². The predicted molar refractivity (Wildman–Crippen MR) is 138 cm³/mol. The molecule has 35 heavy (non-hydrogen) atoms. The molecule has 10 heteroatoms. The number of aryl methyl sites for hydroxylation is 2. The van der Waals surface area contributed by atoms with Gasteiger partial charge in [0, 0.05) is 10.7 Å². The Morgan fingerprint density at radius 1 is 1.11 bits per heavy atom. The maximum absolute atomic E-state index is 12.7. The van der Waals surface area contributed by atoms with Gasteiger partial charge in [0.05, 0.1) is 11.6 Å². The zero-order chi connectivity index (χ0) is 25.8. The van der Waals surface area contributed by atoms with Crippen molar-refractivity contribution in [2.45, 2.75) is 18.7 Å². The third-order valence-electron chi connectivity index (χ3n) is 4.88. The van der Waals surface area contributed by atoms with Crippen LogP contribution in [0.25, 0.3) is 6.08 Å². The lowest BCUT2D eigenvalue weighted by Crippen LogP contribution is -2.14. The lowest BCUT2D eigenvalue weighted by atomic mass is 10.1. The molecule has 0 saturated carbocycles. The fourth-order valence-electron chi connectivity index (χ4n) is 3.00. The highest BCUT2D eigenvalue weighted by Gasteiger charge is 2.22. The molecular weight excluding hydrogens is 556 g/mol. The minimum Gasteiger partial charge on any atom is -0.493 e. The van der Waals surface area contributed by atoms with Gasteiger partial charge in [0.25, 0.3) is 5.91 Å². The van der Waals surface area contributed by atoms with Crippen LogP contribution in [0.2, 0.25) is 5.02 Å². The molecule has 0 aliphatic carbocycles. The van der Waals surface area contributed by atoms with Gasteiger partial charge in [0.15, 0.2) is 11.5 Å². The van der Waals surface area contributed by atoms with Gasteiger partial charge in [0.2, 0.25) is 0 Å². The molecule has 3 rings (SSSR count). The summed E-state index contributed by atoms with van der Waals surface area (Å²) in [4.78, 5) is 12.7. The van der Waals surface area contributed by atoms with Crippen LogP contribution in [0.1, 0.15) is 16.7 Å². The first kappa shape index (κ1) is 26.3. The molecule has 0 atom stereocenters. The normalized spacial score (nSPS) is 11.5. The fraction of sp³-hybridized carbons (Fsp3) is 0.120. The van der Waals surface area contributed by atoms with Gasteiger partial charge < -0.3 is 14.2 Å². The first-order valence-electron chi connectivity index (χ1n) is 10.1. The number of benzene rings is 3. The summed E-state index contributed by atoms with van der Waals surface area (Å²) in [7, 11) is -2.79. The monoisotopic (exact) mass is 574 g/mol. The molecule has 1 N–H and O–H groups in total. The van der Waals surface area contributed by atoms with Crippen LogP contribution >= 0.6 is 27.5 Å². The van der Waals surface area contributed by atoms with Crippen LogP contribution in [0.5, 0.6) is 11.5 Å². The Morgan fingerprint density at radius 3 is 2.43 bits per heavy atom. The van der Waals surface area contributed by atoms with Crippen LogP contribution in [0.4, 0.5) is 5.69 Å². The molecule has 0 unspecified atom stereocenters. The Bertz CT molecular complexity index is 1460. The van der Waals surface area contributed by atoms with E-state index >= 15 is 0 Å². The van der Waals surface area contributed by atoms with Crippen LogP contribution in [0.3, 0.4) is 0 Å². The second-order valence-electron chi connectivity index (χ2n) is 7.47. The molecule has 3 aromatic rings. The molecule has 1 amide bonds. The molecule has 0 aromatic heterocycles. The van der Waals surface area contributed by atoms with Crippen molar-refractivity contribution < 1.29 is 22.1 Å². The largest absolute Gasteiger partial charge is 0.493 e. The average molecular weight is 576 g/mol. The van der Waals surface area contributed by atoms with Crippen LogP contribution in [0.15, 0.2) is 69.5 Å². The predicted octanol–water partition coefficient (Wildman–Crippen LogP) is 6.04. The first-order chi connectivity index (χ1) is 16.5. The van der Waals surface area contributed by atoms with Crippen LogP contribution in [0, 0.1) is 25.2 Å². The topological polar surface area (TPSA) is 105 Å². The molecule has 0 aliphatic rings. The molecule has 0 bridgehead atoms. The summed E-state index contributed by atoms with van der Waals surface area (Å²) >= 11 is 9.30. The average Bonchev–Trinajstić information content (AvgIpc) is 2.81. The lowest BCUT2D eigenvalue weighted by Gasteiger charge is -2.14. The van der Waals surface area contributed by atoms with Crippen molar-refractivity contribution in [2.24, 2.45) is 0 Å². The van der Waals surface area contributed by atoms with Gasteiger partial charge in [-0.25, -0.2) is 0 Å². The van der Waals surface area contributed by atoms with Crippen molar-refractivity contribution >= 4 is 55.3 Å². The van der Waals surface area contributed by atoms with E-state index < -0.39 is 16.0 Å². The summed E-state index contributed by atoms with van der Waals surface area (Å²) in [5.41, 5.74) is 2.39. The van der Waals surface area contributed by atoms with Gasteiger partial charge in [-0.2, -0.15) is 13.7 Å². The Balaban J connectivity index is 1.92. The van der Waals surface area contributed by atoms with E-state index in [4.69, 9.17) is 20.5 Å². The fourth-order valence-corrected chi connectivity index (χ4v) is 4.78. The van der Waals surface area contributed by atoms with E-state index in [9.17, 15) is 18.5 Å². The molecule has 0 aliphatic heterocycles. The number of nitrogens with one attached hydrogen (secondary N) is 1. The number of anilines is 1. The molecule has 0 saturated heterocycles. The minimum atomic E-state index is -4.13. The molecule has 180 valence electrons. The minimum absolute atomic E-state index is 0.0132. The molecule has 3 aromatic carbocycles. The summed E-state index contributed by atoms with van der Waals surface area (Å²) in [6.45, 7) is 3.64. The molecule has 7 nitrogen and oxygen atoms in total. The number of ether oxygens (including phenoxy) is 1. The van der Waals surface area contributed by atoms with Gasteiger partial charge in [0.1, 0.15) is 16.5 Å². The summed E-state index contributed by atoms with van der Waals surface area (Å²) in [6, 6.07) is 16.1. The third-order valence-corrected chi connectivity index (χ3v) is 6.94. The Labute approximate surface area is 217 Å². The van der Waals surface area contributed by atoms with E-state index in [2.05, 4.69) is 21.2 Å². The number of carbonyl (C=O) groups is 1. The first-order valence-corrected chi connectivity index (χ1v) is 12.7. The highest BCUT2D eigenvalue weighted by atomic mass is 79.9. The number of amides is 1. The molecule has 0 fully saturated rings. The van der Waals surface area contributed by atoms with Crippen LogP contribution in [-0.4, -0.2) is 21.4 Å². The number of nitriles is 1. The second-order valence-corrected chi connectivity index (χ2v) is 10.3. The molecule has 0 radical (unpaired) electrons. The highest BCUT2D eigenvalue weighted by Crippen LogP contribution is 2.39. The second kappa shape index (κ2) is 11.0. The maximum Gasteiger partial charge on any atom is 0.339 e. The standard InChI is InChI=1S/C25H20BrClN2O5S/c1-15-4-8-20(9-5-15)35(31,32)34-24-21(26)11-17(12-23(24)33-3)10-18(14-28)25(30)29-22-13-19(27)7-6-16(22)2/h4-13H,1-3H3,(H,29,30)/b18-10+. The van der Waals surface area contributed by atoms with E-state index in [0.29, 0.717) is 16.3 Å². The van der Waals surface area contributed by atoms with E-state index in [1.165, 1.54) is 37.5 Å². The maximum atomic E-state index is 12.7. The number of hydrogen-bond donors (Lipinski definition) is 1. The number of methoxy groups -OCH3 is 1. The van der Waals surface area contributed by atoms with Crippen molar-refractivity contribution in [1.82, 2.24) is 0 Å². The number of rotatable bonds is 7. The number of hydrogen-bond acceptors (Lipinski definition) is 6. The van der Waals surface area contributed by atoms with Crippen molar-refractivity contribution in [1.29, 1.82) is 5.26 Å². The molecule has 0 spiro atoms. The van der Waals surface area contributed by atoms with Crippen LogP contribution < -0.4 is 14.2 Å². The van der Waals surface area contributed by atoms with Crippen molar-refractivity contribution in [3.8, 4) is 17.6 Å². The summed E-state index contributed by atoms with van der Waals surface area (Å²) in [6.07, 6.45) is 1.35. The Kier molecular flexibility index (Phi) is 8.22. The number of halogens is 2. The molecule has 0 heterocycles. The quantitative estimate of drug-likeness (QED) is 0.209.